The summed E-state index contributed by atoms with van der Waals surface area (Å²) in [6, 6.07) is 6.40. The highest BCUT2D eigenvalue weighted by atomic mass is 16.5. The Labute approximate surface area is 107 Å². The van der Waals surface area contributed by atoms with Crippen molar-refractivity contribution >= 4 is 5.82 Å². The molecular formula is C13H18N4O. The van der Waals surface area contributed by atoms with Gasteiger partial charge in [0.05, 0.1) is 19.2 Å². The minimum absolute atomic E-state index is 0.233. The maximum atomic E-state index is 8.95. The average Bonchev–Trinajstić information content (AvgIpc) is 2.46. The monoisotopic (exact) mass is 246 g/mol. The molecule has 1 aliphatic heterocycles. The van der Waals surface area contributed by atoms with E-state index >= 15 is 0 Å². The minimum atomic E-state index is -0.363. The van der Waals surface area contributed by atoms with Gasteiger partial charge in [0.2, 0.25) is 0 Å². The van der Waals surface area contributed by atoms with Crippen LogP contribution in [0.15, 0.2) is 18.3 Å². The van der Waals surface area contributed by atoms with Crippen molar-refractivity contribution in [2.75, 3.05) is 31.6 Å². The van der Waals surface area contributed by atoms with Gasteiger partial charge in [0.15, 0.2) is 6.10 Å². The maximum absolute atomic E-state index is 8.95. The summed E-state index contributed by atoms with van der Waals surface area (Å²) in [5.41, 5.74) is 1.15. The molecule has 1 aromatic heterocycles. The van der Waals surface area contributed by atoms with E-state index in [0.717, 1.165) is 17.9 Å². The zero-order valence-corrected chi connectivity index (χ0v) is 10.8. The first-order chi connectivity index (χ1) is 8.76. The predicted octanol–water partition coefficient (Wildman–Crippen LogP) is 1.09. The van der Waals surface area contributed by atoms with Crippen LogP contribution >= 0.6 is 0 Å². The summed E-state index contributed by atoms with van der Waals surface area (Å²) >= 11 is 0. The highest BCUT2D eigenvalue weighted by molar-refractivity contribution is 5.49. The lowest BCUT2D eigenvalue weighted by molar-refractivity contribution is 0.0760. The highest BCUT2D eigenvalue weighted by Crippen LogP contribution is 2.24. The van der Waals surface area contributed by atoms with Gasteiger partial charge in [-0.05, 0) is 20.0 Å². The maximum Gasteiger partial charge on any atom is 0.161 e. The van der Waals surface area contributed by atoms with Crippen molar-refractivity contribution in [3.8, 4) is 6.07 Å². The van der Waals surface area contributed by atoms with Crippen LogP contribution in [0.1, 0.15) is 18.5 Å². The summed E-state index contributed by atoms with van der Waals surface area (Å²) in [6.07, 6.45) is 1.43. The second kappa shape index (κ2) is 5.80. The number of aromatic nitrogens is 1. The first-order valence-corrected chi connectivity index (χ1v) is 6.14. The quantitative estimate of drug-likeness (QED) is 0.865. The summed E-state index contributed by atoms with van der Waals surface area (Å²) < 4.78 is 5.36. The molecule has 5 heteroatoms. The first kappa shape index (κ1) is 12.8. The third-order valence-corrected chi connectivity index (χ3v) is 3.23. The largest absolute Gasteiger partial charge is 0.360 e. The Morgan fingerprint density at radius 1 is 1.67 bits per heavy atom. The van der Waals surface area contributed by atoms with Gasteiger partial charge in [0, 0.05) is 24.3 Å². The van der Waals surface area contributed by atoms with Gasteiger partial charge in [-0.3, -0.25) is 0 Å². The zero-order valence-electron chi connectivity index (χ0n) is 10.8. The van der Waals surface area contributed by atoms with E-state index in [1.54, 1.807) is 6.20 Å². The molecule has 0 spiro atoms. The van der Waals surface area contributed by atoms with Gasteiger partial charge in [-0.15, -0.1) is 0 Å². The molecule has 1 fully saturated rings. The van der Waals surface area contributed by atoms with Crippen molar-refractivity contribution in [3.63, 3.8) is 0 Å². The molecule has 18 heavy (non-hydrogen) atoms. The van der Waals surface area contributed by atoms with Crippen LogP contribution in [0.4, 0.5) is 5.82 Å². The number of rotatable bonds is 3. The number of nitriles is 1. The molecule has 2 heterocycles. The molecule has 0 saturated carbocycles. The Morgan fingerprint density at radius 3 is 3.22 bits per heavy atom. The smallest absolute Gasteiger partial charge is 0.161 e. The van der Waals surface area contributed by atoms with Crippen LogP contribution in [-0.4, -0.2) is 37.8 Å². The number of hydrogen-bond donors (Lipinski definition) is 1. The lowest BCUT2D eigenvalue weighted by Gasteiger charge is -2.32. The fraction of sp³-hybridized carbons (Fsp3) is 0.538. The van der Waals surface area contributed by atoms with Crippen LogP contribution in [-0.2, 0) is 4.74 Å². The molecule has 96 valence electrons. The SMILES string of the molecule is CNC(C)c1cccnc1N1CCOC(C#N)C1. The van der Waals surface area contributed by atoms with Crippen LogP contribution in [0.2, 0.25) is 0 Å². The molecule has 0 amide bonds. The summed E-state index contributed by atoms with van der Waals surface area (Å²) in [5.74, 6) is 0.947. The Morgan fingerprint density at radius 2 is 2.50 bits per heavy atom. The molecule has 2 atom stereocenters. The lowest BCUT2D eigenvalue weighted by Crippen LogP contribution is -2.43. The number of nitrogens with one attached hydrogen (secondary N) is 1. The molecule has 2 rings (SSSR count). The molecule has 5 nitrogen and oxygen atoms in total. The van der Waals surface area contributed by atoms with E-state index in [0.29, 0.717) is 13.2 Å². The highest BCUT2D eigenvalue weighted by Gasteiger charge is 2.23. The summed E-state index contributed by atoms with van der Waals surface area (Å²) in [5, 5.41) is 12.2. The summed E-state index contributed by atoms with van der Waals surface area (Å²) in [6.45, 7) is 4.03. The normalized spacial score (nSPS) is 21.4. The molecule has 1 aliphatic rings. The Kier molecular flexibility index (Phi) is 4.13. The van der Waals surface area contributed by atoms with E-state index in [1.165, 1.54) is 0 Å². The number of morpholine rings is 1. The van der Waals surface area contributed by atoms with E-state index in [2.05, 4.69) is 34.3 Å². The Bertz CT molecular complexity index is 443. The predicted molar refractivity (Wildman–Crippen MR) is 69.3 cm³/mol. The van der Waals surface area contributed by atoms with Crippen molar-refractivity contribution < 1.29 is 4.74 Å². The molecule has 0 radical (unpaired) electrons. The standard InChI is InChI=1S/C13H18N4O/c1-10(15-2)12-4-3-5-16-13(12)17-6-7-18-11(8-14)9-17/h3-5,10-11,15H,6-7,9H2,1-2H3. The van der Waals surface area contributed by atoms with Gasteiger partial charge in [-0.25, -0.2) is 4.98 Å². The van der Waals surface area contributed by atoms with Crippen molar-refractivity contribution in [1.82, 2.24) is 10.3 Å². The van der Waals surface area contributed by atoms with Gasteiger partial charge in [-0.1, -0.05) is 6.07 Å². The molecular weight excluding hydrogens is 228 g/mol. The average molecular weight is 246 g/mol. The first-order valence-electron chi connectivity index (χ1n) is 6.14. The van der Waals surface area contributed by atoms with Gasteiger partial charge < -0.3 is 15.0 Å². The van der Waals surface area contributed by atoms with Crippen molar-refractivity contribution in [3.05, 3.63) is 23.9 Å². The second-order valence-electron chi connectivity index (χ2n) is 4.36. The molecule has 0 bridgehead atoms. The minimum Gasteiger partial charge on any atom is -0.360 e. The van der Waals surface area contributed by atoms with Gasteiger partial charge >= 0.3 is 0 Å². The molecule has 0 aliphatic carbocycles. The van der Waals surface area contributed by atoms with E-state index < -0.39 is 0 Å². The van der Waals surface area contributed by atoms with Crippen molar-refractivity contribution in [1.29, 1.82) is 5.26 Å². The molecule has 1 N–H and O–H groups in total. The van der Waals surface area contributed by atoms with E-state index in [-0.39, 0.29) is 12.1 Å². The summed E-state index contributed by atoms with van der Waals surface area (Å²) in [7, 11) is 1.93. The fourth-order valence-corrected chi connectivity index (χ4v) is 2.09. The number of hydrogen-bond acceptors (Lipinski definition) is 5. The second-order valence-corrected chi connectivity index (χ2v) is 4.36. The number of ether oxygens (including phenoxy) is 1. The molecule has 0 aromatic carbocycles. The number of pyridine rings is 1. The van der Waals surface area contributed by atoms with E-state index in [9.17, 15) is 0 Å². The fourth-order valence-electron chi connectivity index (χ4n) is 2.09. The Hall–Kier alpha value is -1.64. The van der Waals surface area contributed by atoms with Gasteiger partial charge in [-0.2, -0.15) is 5.26 Å². The lowest BCUT2D eigenvalue weighted by atomic mass is 10.1. The van der Waals surface area contributed by atoms with Gasteiger partial charge in [0.25, 0.3) is 0 Å². The third kappa shape index (κ3) is 2.61. The molecule has 1 saturated heterocycles. The number of nitrogens with zero attached hydrogens (tertiary/aromatic N) is 3. The van der Waals surface area contributed by atoms with Crippen LogP contribution < -0.4 is 10.2 Å². The van der Waals surface area contributed by atoms with Crippen LogP contribution in [0, 0.1) is 11.3 Å². The number of anilines is 1. The molecule has 2 unspecified atom stereocenters. The summed E-state index contributed by atoms with van der Waals surface area (Å²) in [4.78, 5) is 6.59. The van der Waals surface area contributed by atoms with E-state index in [1.807, 2.05) is 13.1 Å². The topological polar surface area (TPSA) is 61.2 Å². The zero-order chi connectivity index (χ0) is 13.0. The third-order valence-electron chi connectivity index (χ3n) is 3.23. The van der Waals surface area contributed by atoms with Gasteiger partial charge in [0.1, 0.15) is 5.82 Å². The van der Waals surface area contributed by atoms with E-state index in [4.69, 9.17) is 10.00 Å². The van der Waals surface area contributed by atoms with Crippen molar-refractivity contribution in [2.24, 2.45) is 0 Å². The van der Waals surface area contributed by atoms with Crippen LogP contribution in [0.5, 0.6) is 0 Å². The van der Waals surface area contributed by atoms with Crippen LogP contribution in [0.25, 0.3) is 0 Å². The van der Waals surface area contributed by atoms with Crippen molar-refractivity contribution in [2.45, 2.75) is 19.1 Å². The Balaban J connectivity index is 2.25. The molecule has 1 aromatic rings. The van der Waals surface area contributed by atoms with Crippen LogP contribution in [0.3, 0.4) is 0 Å².